The normalized spacial score (nSPS) is 14.4. The Hall–Kier alpha value is -3.52. The highest BCUT2D eigenvalue weighted by Gasteiger charge is 2.32. The molecule has 1 saturated heterocycles. The van der Waals surface area contributed by atoms with Gasteiger partial charge in [0.05, 0.1) is 30.3 Å². The molecule has 2 aromatic carbocycles. The molecule has 1 aromatic heterocycles. The number of rotatable bonds is 5. The topological polar surface area (TPSA) is 85.7 Å². The quantitative estimate of drug-likeness (QED) is 0.429. The Kier molecular flexibility index (Phi) is 7.78. The molecular formula is C28H33ClN4O4. The molecule has 196 valence electrons. The first-order valence-corrected chi connectivity index (χ1v) is 12.7. The number of methoxy groups -OCH3 is 1. The van der Waals surface area contributed by atoms with Crippen LogP contribution in [0.2, 0.25) is 5.02 Å². The van der Waals surface area contributed by atoms with E-state index in [1.165, 1.54) is 0 Å². The average molecular weight is 525 g/mol. The zero-order valence-corrected chi connectivity index (χ0v) is 22.6. The van der Waals surface area contributed by atoms with Crippen LogP contribution in [0.1, 0.15) is 61.1 Å². The Morgan fingerprint density at radius 1 is 1.08 bits per heavy atom. The van der Waals surface area contributed by atoms with Crippen LogP contribution >= 0.6 is 11.6 Å². The molecule has 9 heteroatoms. The molecule has 3 aromatic rings. The van der Waals surface area contributed by atoms with Crippen LogP contribution in [0.3, 0.4) is 0 Å². The SMILES string of the molecule is COc1ccc(NC(=O)c2cnn(-c3cccc(Cl)c3C)c2C2CCN(C(=O)OC(C)(C)C)CC2)cc1. The maximum Gasteiger partial charge on any atom is 0.410 e. The summed E-state index contributed by atoms with van der Waals surface area (Å²) >= 11 is 6.42. The zero-order valence-electron chi connectivity index (χ0n) is 21.9. The molecule has 0 saturated carbocycles. The summed E-state index contributed by atoms with van der Waals surface area (Å²) in [7, 11) is 1.60. The second-order valence-electron chi connectivity index (χ2n) is 10.2. The van der Waals surface area contributed by atoms with Crippen molar-refractivity contribution >= 4 is 29.3 Å². The van der Waals surface area contributed by atoms with Crippen molar-refractivity contribution in [3.63, 3.8) is 0 Å². The predicted molar refractivity (Wildman–Crippen MR) is 144 cm³/mol. The van der Waals surface area contributed by atoms with E-state index in [0.29, 0.717) is 48.0 Å². The summed E-state index contributed by atoms with van der Waals surface area (Å²) in [6.45, 7) is 8.56. The lowest BCUT2D eigenvalue weighted by Gasteiger charge is -2.34. The Morgan fingerprint density at radius 3 is 2.38 bits per heavy atom. The first-order chi connectivity index (χ1) is 17.6. The van der Waals surface area contributed by atoms with Crippen LogP contribution in [-0.2, 0) is 4.74 Å². The first kappa shape index (κ1) is 26.5. The van der Waals surface area contributed by atoms with Crippen molar-refractivity contribution in [3.8, 4) is 11.4 Å². The number of aromatic nitrogens is 2. The third kappa shape index (κ3) is 6.07. The fourth-order valence-corrected chi connectivity index (χ4v) is 4.65. The van der Waals surface area contributed by atoms with Gasteiger partial charge in [-0.2, -0.15) is 5.10 Å². The van der Waals surface area contributed by atoms with E-state index < -0.39 is 5.60 Å². The lowest BCUT2D eigenvalue weighted by molar-refractivity contribution is 0.0203. The highest BCUT2D eigenvalue weighted by molar-refractivity contribution is 6.31. The third-order valence-electron chi connectivity index (χ3n) is 6.40. The van der Waals surface area contributed by atoms with E-state index in [1.54, 1.807) is 42.5 Å². The van der Waals surface area contributed by atoms with Gasteiger partial charge in [0.2, 0.25) is 0 Å². The molecule has 1 N–H and O–H groups in total. The van der Waals surface area contributed by atoms with Gasteiger partial charge in [-0.3, -0.25) is 4.79 Å². The van der Waals surface area contributed by atoms with Crippen LogP contribution in [0.25, 0.3) is 5.69 Å². The summed E-state index contributed by atoms with van der Waals surface area (Å²) in [4.78, 5) is 27.8. The Labute approximate surface area is 222 Å². The Bertz CT molecular complexity index is 1270. The van der Waals surface area contributed by atoms with Gasteiger partial charge in [0.1, 0.15) is 11.4 Å². The molecule has 1 fully saturated rings. The number of ether oxygens (including phenoxy) is 2. The van der Waals surface area contributed by atoms with Crippen molar-refractivity contribution in [2.75, 3.05) is 25.5 Å². The molecule has 37 heavy (non-hydrogen) atoms. The lowest BCUT2D eigenvalue weighted by atomic mass is 9.90. The molecule has 0 bridgehead atoms. The van der Waals surface area contributed by atoms with Crippen molar-refractivity contribution in [1.29, 1.82) is 0 Å². The molecule has 0 unspecified atom stereocenters. The van der Waals surface area contributed by atoms with Crippen LogP contribution < -0.4 is 10.1 Å². The van der Waals surface area contributed by atoms with Crippen molar-refractivity contribution in [2.45, 2.75) is 52.1 Å². The van der Waals surface area contributed by atoms with E-state index in [9.17, 15) is 9.59 Å². The predicted octanol–water partition coefficient (Wildman–Crippen LogP) is 6.21. The van der Waals surface area contributed by atoms with Gasteiger partial charge in [0, 0.05) is 29.7 Å². The number of nitrogens with zero attached hydrogens (tertiary/aromatic N) is 3. The number of hydrogen-bond acceptors (Lipinski definition) is 5. The first-order valence-electron chi connectivity index (χ1n) is 12.3. The second-order valence-corrected chi connectivity index (χ2v) is 10.6. The fourth-order valence-electron chi connectivity index (χ4n) is 4.48. The van der Waals surface area contributed by atoms with E-state index >= 15 is 0 Å². The minimum absolute atomic E-state index is 0.0104. The van der Waals surface area contributed by atoms with Gasteiger partial charge < -0.3 is 19.7 Å². The van der Waals surface area contributed by atoms with Gasteiger partial charge in [-0.15, -0.1) is 0 Å². The largest absolute Gasteiger partial charge is 0.497 e. The van der Waals surface area contributed by atoms with Crippen LogP contribution in [0.15, 0.2) is 48.7 Å². The molecule has 2 amide bonds. The molecule has 0 atom stereocenters. The van der Waals surface area contributed by atoms with E-state index in [4.69, 9.17) is 21.1 Å². The fraction of sp³-hybridized carbons (Fsp3) is 0.393. The Morgan fingerprint density at radius 2 is 1.76 bits per heavy atom. The maximum absolute atomic E-state index is 13.5. The second kappa shape index (κ2) is 10.8. The van der Waals surface area contributed by atoms with E-state index in [1.807, 2.05) is 50.6 Å². The molecule has 1 aliphatic rings. The average Bonchev–Trinajstić information content (AvgIpc) is 3.30. The van der Waals surface area contributed by atoms with Gasteiger partial charge in [0.15, 0.2) is 0 Å². The number of likely N-dealkylation sites (tertiary alicyclic amines) is 1. The number of piperidine rings is 1. The minimum Gasteiger partial charge on any atom is -0.497 e. The molecule has 0 aliphatic carbocycles. The van der Waals surface area contributed by atoms with Gasteiger partial charge in [-0.1, -0.05) is 17.7 Å². The number of hydrogen-bond donors (Lipinski definition) is 1. The van der Waals surface area contributed by atoms with E-state index in [0.717, 1.165) is 16.9 Å². The Balaban J connectivity index is 1.64. The summed E-state index contributed by atoms with van der Waals surface area (Å²) in [6.07, 6.45) is 2.64. The maximum atomic E-state index is 13.5. The van der Waals surface area contributed by atoms with Crippen molar-refractivity contribution in [3.05, 3.63) is 70.5 Å². The summed E-state index contributed by atoms with van der Waals surface area (Å²) in [5.74, 6) is 0.469. The molecule has 4 rings (SSSR count). The third-order valence-corrected chi connectivity index (χ3v) is 6.81. The molecular weight excluding hydrogens is 492 g/mol. The standard InChI is InChI=1S/C28H33ClN4O4/c1-18-23(29)7-6-8-24(18)33-25(19-13-15-32(16-14-19)27(35)37-28(2,3)4)22(17-30-33)26(34)31-20-9-11-21(36-5)12-10-20/h6-12,17,19H,13-16H2,1-5H3,(H,31,34). The number of nitrogens with one attached hydrogen (secondary N) is 1. The number of amides is 2. The van der Waals surface area contributed by atoms with Gasteiger partial charge in [-0.25, -0.2) is 9.48 Å². The lowest BCUT2D eigenvalue weighted by Crippen LogP contribution is -2.41. The number of carbonyl (C=O) groups excluding carboxylic acids is 2. The van der Waals surface area contributed by atoms with Gasteiger partial charge >= 0.3 is 6.09 Å². The summed E-state index contributed by atoms with van der Waals surface area (Å²) in [5.41, 5.74) is 3.10. The van der Waals surface area contributed by atoms with Crippen molar-refractivity contribution < 1.29 is 19.1 Å². The number of halogens is 1. The van der Waals surface area contributed by atoms with Crippen molar-refractivity contribution in [1.82, 2.24) is 14.7 Å². The van der Waals surface area contributed by atoms with Crippen LogP contribution in [-0.4, -0.2) is 52.5 Å². The van der Waals surface area contributed by atoms with Crippen molar-refractivity contribution in [2.24, 2.45) is 0 Å². The van der Waals surface area contributed by atoms with Crippen LogP contribution in [0.5, 0.6) is 5.75 Å². The minimum atomic E-state index is -0.552. The summed E-state index contributed by atoms with van der Waals surface area (Å²) in [6, 6.07) is 12.8. The van der Waals surface area contributed by atoms with Gasteiger partial charge in [0.25, 0.3) is 5.91 Å². The van der Waals surface area contributed by atoms with Gasteiger partial charge in [-0.05, 0) is 82.5 Å². The monoisotopic (exact) mass is 524 g/mol. The molecule has 2 heterocycles. The zero-order chi connectivity index (χ0) is 26.7. The molecule has 1 aliphatic heterocycles. The smallest absolute Gasteiger partial charge is 0.410 e. The van der Waals surface area contributed by atoms with E-state index in [-0.39, 0.29) is 17.9 Å². The van der Waals surface area contributed by atoms with Crippen LogP contribution in [0.4, 0.5) is 10.5 Å². The number of carbonyl (C=O) groups is 2. The molecule has 0 radical (unpaired) electrons. The molecule has 0 spiro atoms. The summed E-state index contributed by atoms with van der Waals surface area (Å²) in [5, 5.41) is 8.23. The highest BCUT2D eigenvalue weighted by atomic mass is 35.5. The van der Waals surface area contributed by atoms with Crippen LogP contribution in [0, 0.1) is 6.92 Å². The van der Waals surface area contributed by atoms with E-state index in [2.05, 4.69) is 10.4 Å². The molecule has 8 nitrogen and oxygen atoms in total. The number of anilines is 1. The summed E-state index contributed by atoms with van der Waals surface area (Å²) < 4.78 is 12.6. The number of benzene rings is 2. The highest BCUT2D eigenvalue weighted by Crippen LogP contribution is 2.34.